The summed E-state index contributed by atoms with van der Waals surface area (Å²) >= 11 is 0. The highest BCUT2D eigenvalue weighted by atomic mass is 16.7. The number of ether oxygens (including phenoxy) is 2. The smallest absolute Gasteiger partial charge is 0.231 e. The van der Waals surface area contributed by atoms with Crippen LogP contribution in [0.25, 0.3) is 11.3 Å². The average molecular weight is 318 g/mol. The molecule has 5 heteroatoms. The lowest BCUT2D eigenvalue weighted by molar-refractivity contribution is 0.102. The fourth-order valence-electron chi connectivity index (χ4n) is 2.63. The molecule has 0 saturated heterocycles. The first kappa shape index (κ1) is 14.4. The van der Waals surface area contributed by atoms with Gasteiger partial charge in [0.05, 0.1) is 5.69 Å². The normalized spacial score (nSPS) is 12.2. The summed E-state index contributed by atoms with van der Waals surface area (Å²) in [7, 11) is 0. The second kappa shape index (κ2) is 5.77. The number of carbonyl (C=O) groups is 1. The molecule has 0 spiro atoms. The number of rotatable bonds is 3. The van der Waals surface area contributed by atoms with Crippen LogP contribution in [0.1, 0.15) is 21.7 Å². The molecule has 24 heavy (non-hydrogen) atoms. The first-order chi connectivity index (χ1) is 11.7. The van der Waals surface area contributed by atoms with Gasteiger partial charge < -0.3 is 9.47 Å². The first-order valence-corrected chi connectivity index (χ1v) is 7.56. The summed E-state index contributed by atoms with van der Waals surface area (Å²) in [6, 6.07) is 14.8. The number of hydrogen-bond acceptors (Lipinski definition) is 5. The fourth-order valence-corrected chi connectivity index (χ4v) is 2.63. The van der Waals surface area contributed by atoms with E-state index in [9.17, 15) is 4.79 Å². The number of hydrogen-bond donors (Lipinski definition) is 0. The van der Waals surface area contributed by atoms with Crippen molar-refractivity contribution in [3.05, 3.63) is 71.7 Å². The van der Waals surface area contributed by atoms with Crippen molar-refractivity contribution < 1.29 is 14.3 Å². The summed E-state index contributed by atoms with van der Waals surface area (Å²) in [5.41, 5.74) is 3.03. The highest BCUT2D eigenvalue weighted by Crippen LogP contribution is 2.35. The molecule has 3 aromatic rings. The van der Waals surface area contributed by atoms with Crippen molar-refractivity contribution in [1.29, 1.82) is 0 Å². The van der Waals surface area contributed by atoms with Crippen LogP contribution >= 0.6 is 0 Å². The predicted molar refractivity (Wildman–Crippen MR) is 88.2 cm³/mol. The van der Waals surface area contributed by atoms with Crippen molar-refractivity contribution in [2.75, 3.05) is 6.79 Å². The molecule has 1 aromatic heterocycles. The van der Waals surface area contributed by atoms with E-state index in [-0.39, 0.29) is 18.4 Å². The van der Waals surface area contributed by atoms with Gasteiger partial charge in [0.25, 0.3) is 0 Å². The molecule has 0 unspecified atom stereocenters. The Hall–Kier alpha value is -3.21. The highest BCUT2D eigenvalue weighted by molar-refractivity contribution is 6.07. The predicted octanol–water partition coefficient (Wildman–Crippen LogP) is 3.41. The molecule has 0 N–H and O–H groups in total. The minimum atomic E-state index is -0.185. The number of fused-ring (bicyclic) bond motifs is 1. The van der Waals surface area contributed by atoms with Gasteiger partial charge in [0.15, 0.2) is 11.5 Å². The van der Waals surface area contributed by atoms with Crippen molar-refractivity contribution in [2.24, 2.45) is 0 Å². The van der Waals surface area contributed by atoms with Crippen LogP contribution in [0.4, 0.5) is 0 Å². The largest absolute Gasteiger partial charge is 0.454 e. The van der Waals surface area contributed by atoms with Crippen LogP contribution in [0, 0.1) is 6.92 Å². The van der Waals surface area contributed by atoms with Gasteiger partial charge >= 0.3 is 0 Å². The maximum Gasteiger partial charge on any atom is 0.231 e. The summed E-state index contributed by atoms with van der Waals surface area (Å²) in [6.45, 7) is 2.12. The molecule has 1 aliphatic heterocycles. The molecule has 4 rings (SSSR count). The van der Waals surface area contributed by atoms with Crippen molar-refractivity contribution >= 4 is 5.78 Å². The molecule has 0 amide bonds. The lowest BCUT2D eigenvalue weighted by Gasteiger charge is -2.06. The Labute approximate surface area is 138 Å². The maximum absolute atomic E-state index is 12.7. The van der Waals surface area contributed by atoms with E-state index in [1.165, 1.54) is 0 Å². The molecule has 0 saturated carbocycles. The molecule has 2 aromatic carbocycles. The van der Waals surface area contributed by atoms with Gasteiger partial charge in [-0.05, 0) is 36.8 Å². The Morgan fingerprint density at radius 3 is 2.75 bits per heavy atom. The highest BCUT2D eigenvalue weighted by Gasteiger charge is 2.17. The summed E-state index contributed by atoms with van der Waals surface area (Å²) in [4.78, 5) is 21.2. The van der Waals surface area contributed by atoms with Crippen LogP contribution in [0.3, 0.4) is 0 Å². The topological polar surface area (TPSA) is 61.3 Å². The number of nitrogens with zero attached hydrogens (tertiary/aromatic N) is 2. The van der Waals surface area contributed by atoms with Crippen molar-refractivity contribution in [1.82, 2.24) is 9.97 Å². The Morgan fingerprint density at radius 2 is 1.88 bits per heavy atom. The van der Waals surface area contributed by atoms with Crippen LogP contribution < -0.4 is 9.47 Å². The van der Waals surface area contributed by atoms with Crippen LogP contribution in [-0.2, 0) is 0 Å². The Balaban J connectivity index is 1.72. The summed E-state index contributed by atoms with van der Waals surface area (Å²) < 4.78 is 10.7. The summed E-state index contributed by atoms with van der Waals surface area (Å²) in [6.07, 6.45) is 1.60. The van der Waals surface area contributed by atoms with Gasteiger partial charge in [-0.15, -0.1) is 0 Å². The molecule has 0 aliphatic carbocycles. The minimum Gasteiger partial charge on any atom is -0.454 e. The van der Waals surface area contributed by atoms with Crippen LogP contribution in [0.2, 0.25) is 0 Å². The molecule has 1 aliphatic rings. The maximum atomic E-state index is 12.7. The van der Waals surface area contributed by atoms with Crippen molar-refractivity contribution in [2.45, 2.75) is 6.92 Å². The molecule has 5 nitrogen and oxygen atoms in total. The van der Waals surface area contributed by atoms with E-state index in [1.807, 2.05) is 43.3 Å². The molecule has 0 radical (unpaired) electrons. The van der Waals surface area contributed by atoms with Gasteiger partial charge in [-0.1, -0.05) is 24.3 Å². The number of aryl methyl sites for hydroxylation is 1. The zero-order valence-electron chi connectivity index (χ0n) is 13.0. The number of benzene rings is 2. The van der Waals surface area contributed by atoms with E-state index >= 15 is 0 Å². The Morgan fingerprint density at radius 1 is 1.04 bits per heavy atom. The van der Waals surface area contributed by atoms with E-state index in [0.29, 0.717) is 22.8 Å². The molecule has 2 heterocycles. The molecule has 0 bridgehead atoms. The van der Waals surface area contributed by atoms with Gasteiger partial charge in [0.2, 0.25) is 18.4 Å². The van der Waals surface area contributed by atoms with E-state index in [2.05, 4.69) is 9.97 Å². The zero-order chi connectivity index (χ0) is 16.5. The number of aromatic nitrogens is 2. The minimum absolute atomic E-state index is 0.180. The quantitative estimate of drug-likeness (QED) is 0.693. The lowest BCUT2D eigenvalue weighted by atomic mass is 10.0. The standard InChI is InChI=1S/C19H14N2O3/c1-12-4-2-3-5-14(12)18(22)19-20-9-8-15(21-19)13-6-7-16-17(10-13)24-11-23-16/h2-10H,11H2,1H3. The van der Waals surface area contributed by atoms with Gasteiger partial charge in [0, 0.05) is 17.3 Å². The number of carbonyl (C=O) groups excluding carboxylic acids is 1. The second-order valence-corrected chi connectivity index (χ2v) is 5.48. The third-order valence-corrected chi connectivity index (χ3v) is 3.92. The number of ketones is 1. The monoisotopic (exact) mass is 318 g/mol. The lowest BCUT2D eigenvalue weighted by Crippen LogP contribution is -2.09. The average Bonchev–Trinajstić information content (AvgIpc) is 3.09. The van der Waals surface area contributed by atoms with Crippen molar-refractivity contribution in [3.63, 3.8) is 0 Å². The summed E-state index contributed by atoms with van der Waals surface area (Å²) in [5, 5.41) is 0. The van der Waals surface area contributed by atoms with Gasteiger partial charge in [-0.2, -0.15) is 0 Å². The first-order valence-electron chi connectivity index (χ1n) is 7.56. The van der Waals surface area contributed by atoms with Gasteiger partial charge in [0.1, 0.15) is 0 Å². The molecule has 0 atom stereocenters. The Bertz CT molecular complexity index is 937. The third-order valence-electron chi connectivity index (χ3n) is 3.92. The fraction of sp³-hybridized carbons (Fsp3) is 0.105. The Kier molecular flexibility index (Phi) is 3.46. The van der Waals surface area contributed by atoms with Gasteiger partial charge in [-0.25, -0.2) is 9.97 Å². The molecular weight excluding hydrogens is 304 g/mol. The van der Waals surface area contributed by atoms with Crippen molar-refractivity contribution in [3.8, 4) is 22.8 Å². The zero-order valence-corrected chi connectivity index (χ0v) is 13.0. The van der Waals surface area contributed by atoms with E-state index < -0.39 is 0 Å². The van der Waals surface area contributed by atoms with E-state index in [1.54, 1.807) is 18.3 Å². The SMILES string of the molecule is Cc1ccccc1C(=O)c1nccc(-c2ccc3c(c2)OCO3)n1. The molecule has 0 fully saturated rings. The molecule has 118 valence electrons. The van der Waals surface area contributed by atoms with Crippen LogP contribution in [0.5, 0.6) is 11.5 Å². The van der Waals surface area contributed by atoms with E-state index in [0.717, 1.165) is 11.1 Å². The van der Waals surface area contributed by atoms with Crippen LogP contribution in [-0.4, -0.2) is 22.5 Å². The van der Waals surface area contributed by atoms with Gasteiger partial charge in [-0.3, -0.25) is 4.79 Å². The van der Waals surface area contributed by atoms with Crippen LogP contribution in [0.15, 0.2) is 54.7 Å². The van der Waals surface area contributed by atoms with E-state index in [4.69, 9.17) is 9.47 Å². The summed E-state index contributed by atoms with van der Waals surface area (Å²) in [5.74, 6) is 1.39. The second-order valence-electron chi connectivity index (χ2n) is 5.48. The molecular formula is C19H14N2O3. The third kappa shape index (κ3) is 2.50.